The number of anilines is 3. The molecular formula is C13H16ClN5. The molecule has 1 N–H and O–H groups in total. The van der Waals surface area contributed by atoms with Crippen LogP contribution in [0.4, 0.5) is 17.6 Å². The normalized spacial score (nSPS) is 10.4. The molecule has 0 amide bonds. The quantitative estimate of drug-likeness (QED) is 0.935. The van der Waals surface area contributed by atoms with Crippen LogP contribution < -0.4 is 10.2 Å². The topological polar surface area (TPSA) is 53.9 Å². The molecule has 0 fully saturated rings. The fourth-order valence-corrected chi connectivity index (χ4v) is 1.93. The van der Waals surface area contributed by atoms with Crippen molar-refractivity contribution in [1.29, 1.82) is 0 Å². The van der Waals surface area contributed by atoms with Crippen molar-refractivity contribution in [3.05, 3.63) is 34.6 Å². The summed E-state index contributed by atoms with van der Waals surface area (Å²) in [5.74, 6) is 0.959. The Hall–Kier alpha value is -1.88. The number of hydrogen-bond donors (Lipinski definition) is 1. The Morgan fingerprint density at radius 1 is 1.00 bits per heavy atom. The zero-order chi connectivity index (χ0) is 14.0. The van der Waals surface area contributed by atoms with E-state index in [2.05, 4.69) is 26.3 Å². The molecular weight excluding hydrogens is 262 g/mol. The van der Waals surface area contributed by atoms with E-state index in [-0.39, 0.29) is 5.28 Å². The maximum absolute atomic E-state index is 5.89. The van der Waals surface area contributed by atoms with Crippen molar-refractivity contribution in [2.75, 3.05) is 24.3 Å². The lowest BCUT2D eigenvalue weighted by molar-refractivity contribution is 0.961. The van der Waals surface area contributed by atoms with Gasteiger partial charge in [0.2, 0.25) is 17.2 Å². The van der Waals surface area contributed by atoms with E-state index in [0.29, 0.717) is 11.9 Å². The standard InChI is InChI=1S/C13H16ClN5/c1-8-5-9(2)7-10(6-8)15-12-16-11(14)17-13(18-12)19(3)4/h5-7H,1-4H3,(H,15,16,17,18). The molecule has 1 heterocycles. The Labute approximate surface area is 117 Å². The molecule has 0 aliphatic rings. The lowest BCUT2D eigenvalue weighted by Gasteiger charge is -2.12. The summed E-state index contributed by atoms with van der Waals surface area (Å²) in [5.41, 5.74) is 3.29. The van der Waals surface area contributed by atoms with Gasteiger partial charge in [-0.05, 0) is 48.7 Å². The van der Waals surface area contributed by atoms with Gasteiger partial charge in [-0.25, -0.2) is 0 Å². The van der Waals surface area contributed by atoms with Crippen LogP contribution in [-0.2, 0) is 0 Å². The summed E-state index contributed by atoms with van der Waals surface area (Å²) in [4.78, 5) is 14.2. The summed E-state index contributed by atoms with van der Waals surface area (Å²) in [6, 6.07) is 6.16. The van der Waals surface area contributed by atoms with Gasteiger partial charge in [-0.3, -0.25) is 0 Å². The van der Waals surface area contributed by atoms with Gasteiger partial charge in [0.1, 0.15) is 0 Å². The minimum Gasteiger partial charge on any atom is -0.347 e. The molecule has 0 aliphatic carbocycles. The van der Waals surface area contributed by atoms with Gasteiger partial charge in [0.15, 0.2) is 0 Å². The molecule has 0 spiro atoms. The number of benzene rings is 1. The fraction of sp³-hybridized carbons (Fsp3) is 0.308. The van der Waals surface area contributed by atoms with Gasteiger partial charge in [-0.15, -0.1) is 0 Å². The minimum atomic E-state index is 0.172. The van der Waals surface area contributed by atoms with E-state index >= 15 is 0 Å². The fourth-order valence-electron chi connectivity index (χ4n) is 1.77. The number of rotatable bonds is 3. The highest BCUT2D eigenvalue weighted by Gasteiger charge is 2.07. The second kappa shape index (κ2) is 5.40. The van der Waals surface area contributed by atoms with Crippen molar-refractivity contribution < 1.29 is 0 Å². The summed E-state index contributed by atoms with van der Waals surface area (Å²) in [7, 11) is 3.71. The highest BCUT2D eigenvalue weighted by molar-refractivity contribution is 6.28. The number of hydrogen-bond acceptors (Lipinski definition) is 5. The van der Waals surface area contributed by atoms with Gasteiger partial charge in [0, 0.05) is 19.8 Å². The maximum atomic E-state index is 5.89. The number of nitrogens with zero attached hydrogens (tertiary/aromatic N) is 4. The van der Waals surface area contributed by atoms with Crippen LogP contribution >= 0.6 is 11.6 Å². The predicted molar refractivity (Wildman–Crippen MR) is 78.4 cm³/mol. The Morgan fingerprint density at radius 2 is 1.63 bits per heavy atom. The van der Waals surface area contributed by atoms with E-state index in [1.807, 2.05) is 40.1 Å². The number of halogens is 1. The number of nitrogens with one attached hydrogen (secondary N) is 1. The Balaban J connectivity index is 2.32. The second-order valence-electron chi connectivity index (χ2n) is 4.62. The van der Waals surface area contributed by atoms with E-state index in [0.717, 1.165) is 5.69 Å². The molecule has 2 rings (SSSR count). The number of aryl methyl sites for hydroxylation is 2. The Kier molecular flexibility index (Phi) is 3.85. The van der Waals surface area contributed by atoms with Gasteiger partial charge < -0.3 is 10.2 Å². The van der Waals surface area contributed by atoms with Crippen LogP contribution in [0.5, 0.6) is 0 Å². The third kappa shape index (κ3) is 3.54. The van der Waals surface area contributed by atoms with Gasteiger partial charge in [0.05, 0.1) is 0 Å². The molecule has 6 heteroatoms. The molecule has 100 valence electrons. The minimum absolute atomic E-state index is 0.172. The van der Waals surface area contributed by atoms with E-state index in [1.54, 1.807) is 4.90 Å². The molecule has 0 saturated carbocycles. The van der Waals surface area contributed by atoms with Gasteiger partial charge in [-0.1, -0.05) is 6.07 Å². The number of aromatic nitrogens is 3. The lowest BCUT2D eigenvalue weighted by Crippen LogP contribution is -2.14. The van der Waals surface area contributed by atoms with Crippen molar-refractivity contribution in [3.8, 4) is 0 Å². The van der Waals surface area contributed by atoms with Crippen molar-refractivity contribution in [1.82, 2.24) is 15.0 Å². The summed E-state index contributed by atoms with van der Waals surface area (Å²) >= 11 is 5.89. The zero-order valence-electron chi connectivity index (χ0n) is 11.4. The third-order valence-corrected chi connectivity index (χ3v) is 2.64. The molecule has 0 atom stereocenters. The van der Waals surface area contributed by atoms with E-state index < -0.39 is 0 Å². The maximum Gasteiger partial charge on any atom is 0.233 e. The second-order valence-corrected chi connectivity index (χ2v) is 4.96. The largest absolute Gasteiger partial charge is 0.347 e. The first-order valence-electron chi connectivity index (χ1n) is 5.88. The van der Waals surface area contributed by atoms with Crippen LogP contribution in [0.25, 0.3) is 0 Å². The molecule has 0 saturated heterocycles. The van der Waals surface area contributed by atoms with Crippen LogP contribution in [0.3, 0.4) is 0 Å². The van der Waals surface area contributed by atoms with Gasteiger partial charge in [0.25, 0.3) is 0 Å². The van der Waals surface area contributed by atoms with Gasteiger partial charge in [-0.2, -0.15) is 15.0 Å². The molecule has 2 aromatic rings. The molecule has 0 bridgehead atoms. The smallest absolute Gasteiger partial charge is 0.233 e. The Morgan fingerprint density at radius 3 is 2.21 bits per heavy atom. The molecule has 0 aliphatic heterocycles. The summed E-state index contributed by atoms with van der Waals surface area (Å²) in [5, 5.41) is 3.32. The first-order chi connectivity index (χ1) is 8.94. The molecule has 1 aromatic heterocycles. The van der Waals surface area contributed by atoms with Crippen molar-refractivity contribution >= 4 is 29.2 Å². The van der Waals surface area contributed by atoms with Gasteiger partial charge >= 0.3 is 0 Å². The summed E-state index contributed by atoms with van der Waals surface area (Å²) in [6.07, 6.45) is 0. The average molecular weight is 278 g/mol. The highest BCUT2D eigenvalue weighted by atomic mass is 35.5. The van der Waals surface area contributed by atoms with Crippen LogP contribution in [0.15, 0.2) is 18.2 Å². The third-order valence-electron chi connectivity index (χ3n) is 2.47. The lowest BCUT2D eigenvalue weighted by atomic mass is 10.1. The first kappa shape index (κ1) is 13.5. The van der Waals surface area contributed by atoms with Crippen LogP contribution in [-0.4, -0.2) is 29.0 Å². The summed E-state index contributed by atoms with van der Waals surface area (Å²) < 4.78 is 0. The van der Waals surface area contributed by atoms with Crippen molar-refractivity contribution in [3.63, 3.8) is 0 Å². The van der Waals surface area contributed by atoms with E-state index in [9.17, 15) is 0 Å². The van der Waals surface area contributed by atoms with Crippen molar-refractivity contribution in [2.45, 2.75) is 13.8 Å². The van der Waals surface area contributed by atoms with Crippen molar-refractivity contribution in [2.24, 2.45) is 0 Å². The molecule has 0 radical (unpaired) electrons. The first-order valence-corrected chi connectivity index (χ1v) is 6.26. The van der Waals surface area contributed by atoms with Crippen LogP contribution in [0.1, 0.15) is 11.1 Å². The molecule has 1 aromatic carbocycles. The predicted octanol–water partition coefficient (Wildman–Crippen LogP) is 2.95. The summed E-state index contributed by atoms with van der Waals surface area (Å²) in [6.45, 7) is 4.09. The molecule has 5 nitrogen and oxygen atoms in total. The Bertz CT molecular complexity index is 577. The monoisotopic (exact) mass is 277 g/mol. The van der Waals surface area contributed by atoms with E-state index in [1.165, 1.54) is 11.1 Å². The zero-order valence-corrected chi connectivity index (χ0v) is 12.2. The van der Waals surface area contributed by atoms with E-state index in [4.69, 9.17) is 11.6 Å². The van der Waals surface area contributed by atoms with Crippen LogP contribution in [0.2, 0.25) is 5.28 Å². The highest BCUT2D eigenvalue weighted by Crippen LogP contribution is 2.19. The average Bonchev–Trinajstić information content (AvgIpc) is 2.26. The van der Waals surface area contributed by atoms with Crippen LogP contribution in [0, 0.1) is 13.8 Å². The molecule has 0 unspecified atom stereocenters. The SMILES string of the molecule is Cc1cc(C)cc(Nc2nc(Cl)nc(N(C)C)n2)c1. The molecule has 19 heavy (non-hydrogen) atoms.